The molecule has 9 heteroatoms. The largest absolute Gasteiger partial charge is 0.358 e. The molecule has 0 aromatic carbocycles. The van der Waals surface area contributed by atoms with Crippen molar-refractivity contribution >= 4 is 18.4 Å². The number of hydrogen-bond acceptors (Lipinski definition) is 6. The summed E-state index contributed by atoms with van der Waals surface area (Å²) in [6.45, 7) is 1.85. The molecule has 0 spiro atoms. The molecule has 2 heterocycles. The summed E-state index contributed by atoms with van der Waals surface area (Å²) in [6.07, 6.45) is 1.69. The third-order valence-electron chi connectivity index (χ3n) is 3.05. The van der Waals surface area contributed by atoms with Crippen molar-refractivity contribution in [2.75, 3.05) is 0 Å². The number of rotatable bonds is 4. The fraction of sp³-hybridized carbons (Fsp3) is 0.500. The number of aromatic nitrogens is 5. The fourth-order valence-corrected chi connectivity index (χ4v) is 2.16. The Hall–Kier alpha value is -1.90. The van der Waals surface area contributed by atoms with Crippen LogP contribution in [0.25, 0.3) is 0 Å². The highest BCUT2D eigenvalue weighted by molar-refractivity contribution is 7.80. The molecule has 1 atom stereocenters. The predicted octanol–water partition coefficient (Wildman–Crippen LogP) is 0.979. The highest BCUT2D eigenvalue weighted by Crippen LogP contribution is 2.24. The standard InChI is InChI=1S/C10H14N6O2S/c1-6-12-13-10(14(6)2)7(19)4-8-11-5-9(15(8)3)16(17)18/h5,7,19H,4H2,1-3H3. The maximum atomic E-state index is 10.7. The van der Waals surface area contributed by atoms with Gasteiger partial charge in [-0.25, -0.2) is 9.55 Å². The second kappa shape index (κ2) is 5.00. The molecule has 0 aliphatic carbocycles. The Bertz CT molecular complexity index is 620. The molecule has 0 saturated heterocycles. The maximum absolute atomic E-state index is 10.7. The molecule has 0 amide bonds. The van der Waals surface area contributed by atoms with Gasteiger partial charge in [-0.15, -0.1) is 10.2 Å². The summed E-state index contributed by atoms with van der Waals surface area (Å²) in [7, 11) is 3.47. The second-order valence-corrected chi connectivity index (χ2v) is 4.86. The van der Waals surface area contributed by atoms with Gasteiger partial charge in [0.05, 0.1) is 12.3 Å². The molecule has 19 heavy (non-hydrogen) atoms. The van der Waals surface area contributed by atoms with Gasteiger partial charge in [-0.2, -0.15) is 12.6 Å². The molecule has 0 fully saturated rings. The molecule has 2 rings (SSSR count). The minimum atomic E-state index is -0.462. The minimum absolute atomic E-state index is 0.0373. The van der Waals surface area contributed by atoms with Crippen molar-refractivity contribution in [2.45, 2.75) is 18.6 Å². The van der Waals surface area contributed by atoms with Crippen molar-refractivity contribution in [1.82, 2.24) is 24.3 Å². The number of nitrogens with zero attached hydrogens (tertiary/aromatic N) is 6. The Morgan fingerprint density at radius 1 is 1.42 bits per heavy atom. The quantitative estimate of drug-likeness (QED) is 0.512. The Kier molecular flexibility index (Phi) is 3.56. The number of thiol groups is 1. The van der Waals surface area contributed by atoms with Crippen LogP contribution in [0.5, 0.6) is 0 Å². The van der Waals surface area contributed by atoms with Gasteiger partial charge in [0.25, 0.3) is 0 Å². The van der Waals surface area contributed by atoms with Gasteiger partial charge < -0.3 is 14.7 Å². The summed E-state index contributed by atoms with van der Waals surface area (Å²) in [6, 6.07) is 0. The van der Waals surface area contributed by atoms with E-state index in [0.717, 1.165) is 5.82 Å². The van der Waals surface area contributed by atoms with Gasteiger partial charge in [-0.05, 0) is 11.8 Å². The van der Waals surface area contributed by atoms with Gasteiger partial charge in [-0.1, -0.05) is 0 Å². The van der Waals surface area contributed by atoms with Crippen LogP contribution >= 0.6 is 12.6 Å². The predicted molar refractivity (Wildman–Crippen MR) is 71.0 cm³/mol. The lowest BCUT2D eigenvalue weighted by Crippen LogP contribution is -2.09. The van der Waals surface area contributed by atoms with Gasteiger partial charge in [-0.3, -0.25) is 0 Å². The normalized spacial score (nSPS) is 12.6. The molecule has 0 aliphatic heterocycles. The fourth-order valence-electron chi connectivity index (χ4n) is 1.77. The second-order valence-electron chi connectivity index (χ2n) is 4.23. The molecule has 0 aliphatic rings. The van der Waals surface area contributed by atoms with E-state index >= 15 is 0 Å². The zero-order valence-corrected chi connectivity index (χ0v) is 11.7. The first kappa shape index (κ1) is 13.5. The van der Waals surface area contributed by atoms with E-state index in [0.29, 0.717) is 18.1 Å². The van der Waals surface area contributed by atoms with Crippen molar-refractivity contribution in [3.63, 3.8) is 0 Å². The average Bonchev–Trinajstić information content (AvgIpc) is 2.85. The van der Waals surface area contributed by atoms with Crippen molar-refractivity contribution in [1.29, 1.82) is 0 Å². The van der Waals surface area contributed by atoms with Crippen LogP contribution in [0, 0.1) is 17.0 Å². The van der Waals surface area contributed by atoms with Crippen LogP contribution in [-0.2, 0) is 20.5 Å². The zero-order valence-electron chi connectivity index (χ0n) is 10.8. The third-order valence-corrected chi connectivity index (χ3v) is 3.46. The van der Waals surface area contributed by atoms with Gasteiger partial charge in [0.2, 0.25) is 0 Å². The molecular weight excluding hydrogens is 268 g/mol. The van der Waals surface area contributed by atoms with E-state index in [4.69, 9.17) is 0 Å². The van der Waals surface area contributed by atoms with Gasteiger partial charge in [0, 0.05) is 13.5 Å². The van der Waals surface area contributed by atoms with Crippen LogP contribution in [-0.4, -0.2) is 29.2 Å². The Morgan fingerprint density at radius 3 is 2.58 bits per heavy atom. The first-order valence-corrected chi connectivity index (χ1v) is 6.12. The summed E-state index contributed by atoms with van der Waals surface area (Å²) in [5.41, 5.74) is 0. The Labute approximate surface area is 115 Å². The lowest BCUT2D eigenvalue weighted by atomic mass is 10.2. The van der Waals surface area contributed by atoms with E-state index in [9.17, 15) is 10.1 Å². The topological polar surface area (TPSA) is 91.7 Å². The summed E-state index contributed by atoms with van der Waals surface area (Å²) in [4.78, 5) is 14.3. The minimum Gasteiger partial charge on any atom is -0.358 e. The molecule has 102 valence electrons. The molecule has 8 nitrogen and oxygen atoms in total. The summed E-state index contributed by atoms with van der Waals surface area (Å²) in [5, 5.41) is 18.5. The van der Waals surface area contributed by atoms with Crippen LogP contribution in [0.2, 0.25) is 0 Å². The summed E-state index contributed by atoms with van der Waals surface area (Å²) >= 11 is 4.48. The van der Waals surface area contributed by atoms with E-state index < -0.39 is 4.92 Å². The lowest BCUT2D eigenvalue weighted by Gasteiger charge is -2.08. The lowest BCUT2D eigenvalue weighted by molar-refractivity contribution is -0.391. The molecule has 0 radical (unpaired) electrons. The highest BCUT2D eigenvalue weighted by Gasteiger charge is 2.22. The molecule has 0 N–H and O–H groups in total. The van der Waals surface area contributed by atoms with E-state index in [1.165, 1.54) is 10.8 Å². The maximum Gasteiger partial charge on any atom is 0.342 e. The van der Waals surface area contributed by atoms with Crippen molar-refractivity contribution in [2.24, 2.45) is 14.1 Å². The number of imidazole rings is 1. The molecule has 2 aromatic rings. The van der Waals surface area contributed by atoms with E-state index in [1.54, 1.807) is 7.05 Å². The first-order valence-electron chi connectivity index (χ1n) is 5.60. The van der Waals surface area contributed by atoms with Crippen LogP contribution in [0.4, 0.5) is 5.82 Å². The van der Waals surface area contributed by atoms with Gasteiger partial charge in [0.1, 0.15) is 17.8 Å². The highest BCUT2D eigenvalue weighted by atomic mass is 32.1. The number of aryl methyl sites for hydroxylation is 1. The van der Waals surface area contributed by atoms with Gasteiger partial charge in [0.15, 0.2) is 5.82 Å². The molecular formula is C10H14N6O2S. The molecule has 2 aromatic heterocycles. The van der Waals surface area contributed by atoms with Crippen molar-refractivity contribution in [3.05, 3.63) is 33.8 Å². The molecule has 0 saturated carbocycles. The van der Waals surface area contributed by atoms with E-state index in [-0.39, 0.29) is 11.1 Å². The summed E-state index contributed by atoms with van der Waals surface area (Å²) in [5.74, 6) is 2.06. The number of hydrogen-bond donors (Lipinski definition) is 1. The Morgan fingerprint density at radius 2 is 2.11 bits per heavy atom. The summed E-state index contributed by atoms with van der Waals surface area (Å²) < 4.78 is 3.29. The van der Waals surface area contributed by atoms with Crippen LogP contribution in [0.1, 0.15) is 22.7 Å². The molecule has 0 bridgehead atoms. The third kappa shape index (κ3) is 2.46. The average molecular weight is 282 g/mol. The SMILES string of the molecule is Cc1nnc(C(S)Cc2ncc([N+](=O)[O-])n2C)n1C. The number of nitro groups is 1. The van der Waals surface area contributed by atoms with Gasteiger partial charge >= 0.3 is 5.82 Å². The van der Waals surface area contributed by atoms with Crippen molar-refractivity contribution < 1.29 is 4.92 Å². The van der Waals surface area contributed by atoms with E-state index in [1.807, 2.05) is 18.5 Å². The molecule has 1 unspecified atom stereocenters. The van der Waals surface area contributed by atoms with Crippen LogP contribution in [0.15, 0.2) is 6.20 Å². The van der Waals surface area contributed by atoms with Crippen LogP contribution in [0.3, 0.4) is 0 Å². The van der Waals surface area contributed by atoms with Crippen LogP contribution < -0.4 is 0 Å². The zero-order chi connectivity index (χ0) is 14.2. The Balaban J connectivity index is 2.22. The smallest absolute Gasteiger partial charge is 0.342 e. The monoisotopic (exact) mass is 282 g/mol. The van der Waals surface area contributed by atoms with Crippen molar-refractivity contribution in [3.8, 4) is 0 Å². The first-order chi connectivity index (χ1) is 8.91. The van der Waals surface area contributed by atoms with E-state index in [2.05, 4.69) is 27.8 Å².